The lowest BCUT2D eigenvalue weighted by atomic mass is 10.0. The molecule has 1 heterocycles. The fourth-order valence-electron chi connectivity index (χ4n) is 2.40. The molecule has 2 rings (SSSR count). The third-order valence-corrected chi connectivity index (χ3v) is 3.39. The number of benzene rings is 1. The molecule has 1 aromatic rings. The van der Waals surface area contributed by atoms with Gasteiger partial charge < -0.3 is 10.1 Å². The highest BCUT2D eigenvalue weighted by molar-refractivity contribution is 5.77. The summed E-state index contributed by atoms with van der Waals surface area (Å²) in [6, 6.07) is 4.17. The van der Waals surface area contributed by atoms with Crippen molar-refractivity contribution in [2.45, 2.75) is 13.0 Å². The molecule has 1 aliphatic heterocycles. The van der Waals surface area contributed by atoms with Crippen molar-refractivity contribution in [3.8, 4) is 0 Å². The number of halogens is 1. The molecule has 1 unspecified atom stereocenters. The Kier molecular flexibility index (Phi) is 4.50. The molecule has 0 amide bonds. The molecule has 0 aliphatic carbocycles. The van der Waals surface area contributed by atoms with Crippen LogP contribution in [0.1, 0.15) is 17.2 Å². The predicted octanol–water partition coefficient (Wildman–Crippen LogP) is 1.25. The first-order chi connectivity index (χ1) is 9.13. The van der Waals surface area contributed by atoms with Crippen molar-refractivity contribution in [3.05, 3.63) is 35.1 Å². The van der Waals surface area contributed by atoms with Gasteiger partial charge in [0, 0.05) is 31.7 Å². The lowest BCUT2D eigenvalue weighted by Crippen LogP contribution is -2.47. The van der Waals surface area contributed by atoms with E-state index in [9.17, 15) is 9.18 Å². The fourth-order valence-corrected chi connectivity index (χ4v) is 2.40. The van der Waals surface area contributed by atoms with Gasteiger partial charge in [0.25, 0.3) is 0 Å². The van der Waals surface area contributed by atoms with Crippen LogP contribution < -0.4 is 5.32 Å². The fraction of sp³-hybridized carbons (Fsp3) is 0.500. The molecule has 1 atom stereocenters. The van der Waals surface area contributed by atoms with E-state index in [1.807, 2.05) is 11.8 Å². The Morgan fingerprint density at radius 2 is 2.11 bits per heavy atom. The van der Waals surface area contributed by atoms with E-state index in [4.69, 9.17) is 4.74 Å². The zero-order valence-electron chi connectivity index (χ0n) is 11.3. The summed E-state index contributed by atoms with van der Waals surface area (Å²) >= 11 is 0. The largest absolute Gasteiger partial charge is 0.468 e. The van der Waals surface area contributed by atoms with Crippen LogP contribution in [-0.2, 0) is 9.53 Å². The Bertz CT molecular complexity index is 459. The summed E-state index contributed by atoms with van der Waals surface area (Å²) in [6.07, 6.45) is 0. The molecular formula is C14H19FN2O2. The molecule has 1 fully saturated rings. The van der Waals surface area contributed by atoms with Gasteiger partial charge in [-0.25, -0.2) is 9.18 Å². The Hall–Kier alpha value is -1.46. The van der Waals surface area contributed by atoms with Crippen LogP contribution in [0, 0.1) is 12.7 Å². The number of aryl methyl sites for hydroxylation is 1. The number of esters is 1. The van der Waals surface area contributed by atoms with Gasteiger partial charge in [0.15, 0.2) is 0 Å². The maximum Gasteiger partial charge on any atom is 0.327 e. The third kappa shape index (κ3) is 3.11. The van der Waals surface area contributed by atoms with Gasteiger partial charge in [-0.2, -0.15) is 0 Å². The first kappa shape index (κ1) is 14.0. The molecule has 5 heteroatoms. The van der Waals surface area contributed by atoms with Gasteiger partial charge in [0.2, 0.25) is 0 Å². The zero-order chi connectivity index (χ0) is 13.8. The van der Waals surface area contributed by atoms with Crippen molar-refractivity contribution in [1.82, 2.24) is 10.2 Å². The maximum atomic E-state index is 14.0. The summed E-state index contributed by atoms with van der Waals surface area (Å²) in [5.41, 5.74) is 1.33. The molecule has 1 aromatic carbocycles. The number of carbonyl (C=O) groups is 1. The molecule has 0 radical (unpaired) electrons. The van der Waals surface area contributed by atoms with Crippen LogP contribution in [0.4, 0.5) is 4.39 Å². The minimum absolute atomic E-state index is 0.362. The minimum atomic E-state index is -0.660. The van der Waals surface area contributed by atoms with E-state index in [1.54, 1.807) is 12.1 Å². The van der Waals surface area contributed by atoms with Crippen molar-refractivity contribution in [2.75, 3.05) is 33.3 Å². The van der Waals surface area contributed by atoms with Crippen LogP contribution in [0.15, 0.2) is 18.2 Å². The molecule has 0 spiro atoms. The van der Waals surface area contributed by atoms with E-state index in [-0.39, 0.29) is 5.82 Å². The Balaban J connectivity index is 2.36. The number of rotatable bonds is 3. The first-order valence-corrected chi connectivity index (χ1v) is 6.42. The summed E-state index contributed by atoms with van der Waals surface area (Å²) in [4.78, 5) is 14.0. The highest BCUT2D eigenvalue weighted by Gasteiger charge is 2.31. The summed E-state index contributed by atoms with van der Waals surface area (Å²) < 4.78 is 18.9. The summed E-state index contributed by atoms with van der Waals surface area (Å²) in [5, 5.41) is 3.22. The third-order valence-electron chi connectivity index (χ3n) is 3.39. The molecule has 19 heavy (non-hydrogen) atoms. The molecule has 0 aromatic heterocycles. The van der Waals surface area contributed by atoms with Gasteiger partial charge in [0.05, 0.1) is 7.11 Å². The molecule has 104 valence electrons. The molecule has 1 N–H and O–H groups in total. The van der Waals surface area contributed by atoms with Crippen LogP contribution in [0.25, 0.3) is 0 Å². The van der Waals surface area contributed by atoms with Crippen LogP contribution in [0.5, 0.6) is 0 Å². The number of methoxy groups -OCH3 is 1. The van der Waals surface area contributed by atoms with E-state index < -0.39 is 12.0 Å². The van der Waals surface area contributed by atoms with Gasteiger partial charge in [-0.1, -0.05) is 17.7 Å². The van der Waals surface area contributed by atoms with E-state index in [1.165, 1.54) is 13.2 Å². The van der Waals surface area contributed by atoms with Crippen LogP contribution in [-0.4, -0.2) is 44.2 Å². The van der Waals surface area contributed by atoms with Crippen LogP contribution >= 0.6 is 0 Å². The quantitative estimate of drug-likeness (QED) is 0.836. The Morgan fingerprint density at radius 1 is 1.42 bits per heavy atom. The topological polar surface area (TPSA) is 41.6 Å². The first-order valence-electron chi connectivity index (χ1n) is 6.42. The standard InChI is InChI=1S/C14H19FN2O2/c1-10-3-4-12(15)11(9-10)13(14(18)19-2)17-7-5-16-6-8-17/h3-4,9,13,16H,5-8H2,1-2H3. The van der Waals surface area contributed by atoms with Crippen LogP contribution in [0.2, 0.25) is 0 Å². The lowest BCUT2D eigenvalue weighted by Gasteiger charge is -2.33. The van der Waals surface area contributed by atoms with Crippen molar-refractivity contribution >= 4 is 5.97 Å². The average molecular weight is 266 g/mol. The van der Waals surface area contributed by atoms with E-state index in [0.29, 0.717) is 18.7 Å². The van der Waals surface area contributed by atoms with Gasteiger partial charge in [-0.3, -0.25) is 4.90 Å². The minimum Gasteiger partial charge on any atom is -0.468 e. The van der Waals surface area contributed by atoms with Crippen LogP contribution in [0.3, 0.4) is 0 Å². The normalized spacial score (nSPS) is 18.1. The number of hydrogen-bond acceptors (Lipinski definition) is 4. The molecule has 1 saturated heterocycles. The number of nitrogens with one attached hydrogen (secondary N) is 1. The number of piperazine rings is 1. The lowest BCUT2D eigenvalue weighted by molar-refractivity contribution is -0.147. The van der Waals surface area contributed by atoms with Gasteiger partial charge in [-0.05, 0) is 13.0 Å². The molecular weight excluding hydrogens is 247 g/mol. The van der Waals surface area contributed by atoms with Crippen molar-refractivity contribution in [2.24, 2.45) is 0 Å². The van der Waals surface area contributed by atoms with Crippen molar-refractivity contribution < 1.29 is 13.9 Å². The van der Waals surface area contributed by atoms with Crippen molar-refractivity contribution in [3.63, 3.8) is 0 Å². The second-order valence-corrected chi connectivity index (χ2v) is 4.74. The summed E-state index contributed by atoms with van der Waals surface area (Å²) in [6.45, 7) is 4.87. The Morgan fingerprint density at radius 3 is 2.74 bits per heavy atom. The number of ether oxygens (including phenoxy) is 1. The van der Waals surface area contributed by atoms with E-state index >= 15 is 0 Å². The van der Waals surface area contributed by atoms with E-state index in [2.05, 4.69) is 5.32 Å². The second-order valence-electron chi connectivity index (χ2n) is 4.74. The summed E-state index contributed by atoms with van der Waals surface area (Å²) in [5.74, 6) is -0.772. The highest BCUT2D eigenvalue weighted by Crippen LogP contribution is 2.26. The molecule has 0 bridgehead atoms. The van der Waals surface area contributed by atoms with Crippen molar-refractivity contribution in [1.29, 1.82) is 0 Å². The predicted molar refractivity (Wildman–Crippen MR) is 70.3 cm³/mol. The second kappa shape index (κ2) is 6.12. The number of carbonyl (C=O) groups excluding carboxylic acids is 1. The highest BCUT2D eigenvalue weighted by atomic mass is 19.1. The average Bonchev–Trinajstić information content (AvgIpc) is 2.44. The summed E-state index contributed by atoms with van der Waals surface area (Å²) in [7, 11) is 1.34. The smallest absolute Gasteiger partial charge is 0.327 e. The SMILES string of the molecule is COC(=O)C(c1cc(C)ccc1F)N1CCNCC1. The molecule has 0 saturated carbocycles. The van der Waals surface area contributed by atoms with Gasteiger partial charge in [-0.15, -0.1) is 0 Å². The zero-order valence-corrected chi connectivity index (χ0v) is 11.3. The van der Waals surface area contributed by atoms with Gasteiger partial charge >= 0.3 is 5.97 Å². The molecule has 4 nitrogen and oxygen atoms in total. The number of nitrogens with zero attached hydrogens (tertiary/aromatic N) is 1. The number of hydrogen-bond donors (Lipinski definition) is 1. The van der Waals surface area contributed by atoms with Gasteiger partial charge in [0.1, 0.15) is 11.9 Å². The van der Waals surface area contributed by atoms with E-state index in [0.717, 1.165) is 18.7 Å². The maximum absolute atomic E-state index is 14.0. The Labute approximate surface area is 112 Å². The molecule has 1 aliphatic rings. The monoisotopic (exact) mass is 266 g/mol.